The molecular weight excluding hydrogens is 416 g/mol. The van der Waals surface area contributed by atoms with Gasteiger partial charge in [-0.3, -0.25) is 14.7 Å². The fraction of sp³-hybridized carbons (Fsp3) is 0.435. The third-order valence-electron chi connectivity index (χ3n) is 5.52. The number of likely N-dealkylation sites (tertiary alicyclic amines) is 1. The summed E-state index contributed by atoms with van der Waals surface area (Å²) in [7, 11) is 0. The molecule has 0 saturated carbocycles. The molecule has 2 amide bonds. The van der Waals surface area contributed by atoms with E-state index in [-0.39, 0.29) is 18.0 Å². The SMILES string of the molecule is CC(C)(C)OC(=O)N1CC(Nc2cncc(N3C(=O)c4ccc(Cl)cc4C3(C)C)c2)C1. The van der Waals surface area contributed by atoms with Gasteiger partial charge in [-0.2, -0.15) is 0 Å². The Bertz CT molecular complexity index is 1040. The maximum Gasteiger partial charge on any atom is 0.410 e. The second-order valence-electron chi connectivity index (χ2n) is 9.55. The Morgan fingerprint density at radius 2 is 1.94 bits per heavy atom. The summed E-state index contributed by atoms with van der Waals surface area (Å²) in [5.74, 6) is -0.0737. The number of anilines is 2. The van der Waals surface area contributed by atoms with Crippen LogP contribution in [0.2, 0.25) is 5.02 Å². The van der Waals surface area contributed by atoms with Crippen LogP contribution in [0.1, 0.15) is 50.5 Å². The first-order valence-corrected chi connectivity index (χ1v) is 10.7. The molecule has 7 nitrogen and oxygen atoms in total. The van der Waals surface area contributed by atoms with Crippen LogP contribution in [-0.2, 0) is 10.3 Å². The molecule has 2 aliphatic rings. The van der Waals surface area contributed by atoms with Gasteiger partial charge in [0, 0.05) is 23.7 Å². The van der Waals surface area contributed by atoms with Gasteiger partial charge in [-0.05, 0) is 64.4 Å². The maximum absolute atomic E-state index is 13.1. The number of amides is 2. The molecule has 0 atom stereocenters. The van der Waals surface area contributed by atoms with Crippen LogP contribution in [0, 0.1) is 0 Å². The molecule has 31 heavy (non-hydrogen) atoms. The molecule has 0 radical (unpaired) electrons. The topological polar surface area (TPSA) is 74.8 Å². The number of carbonyl (C=O) groups excluding carboxylic acids is 2. The van der Waals surface area contributed by atoms with Crippen molar-refractivity contribution in [2.24, 2.45) is 0 Å². The Balaban J connectivity index is 1.47. The molecule has 1 aromatic heterocycles. The van der Waals surface area contributed by atoms with E-state index in [2.05, 4.69) is 10.3 Å². The van der Waals surface area contributed by atoms with E-state index in [9.17, 15) is 9.59 Å². The van der Waals surface area contributed by atoms with E-state index >= 15 is 0 Å². The molecule has 1 fully saturated rings. The largest absolute Gasteiger partial charge is 0.444 e. The van der Waals surface area contributed by atoms with Crippen molar-refractivity contribution in [1.82, 2.24) is 9.88 Å². The molecule has 0 bridgehead atoms. The zero-order valence-corrected chi connectivity index (χ0v) is 19.2. The van der Waals surface area contributed by atoms with Gasteiger partial charge in [-0.15, -0.1) is 0 Å². The second-order valence-corrected chi connectivity index (χ2v) is 9.98. The van der Waals surface area contributed by atoms with Gasteiger partial charge in [0.15, 0.2) is 0 Å². The van der Waals surface area contributed by atoms with Crippen molar-refractivity contribution >= 4 is 35.0 Å². The smallest absolute Gasteiger partial charge is 0.410 e. The molecular formula is C23H27ClN4O3. The number of halogens is 1. The van der Waals surface area contributed by atoms with E-state index in [4.69, 9.17) is 16.3 Å². The summed E-state index contributed by atoms with van der Waals surface area (Å²) < 4.78 is 5.39. The summed E-state index contributed by atoms with van der Waals surface area (Å²) in [5.41, 5.74) is 1.99. The van der Waals surface area contributed by atoms with Gasteiger partial charge >= 0.3 is 6.09 Å². The average molecular weight is 443 g/mol. The maximum atomic E-state index is 13.1. The van der Waals surface area contributed by atoms with Crippen molar-refractivity contribution in [3.63, 3.8) is 0 Å². The Kier molecular flexibility index (Phi) is 5.12. The van der Waals surface area contributed by atoms with Gasteiger partial charge in [0.1, 0.15) is 5.60 Å². The molecule has 1 aromatic carbocycles. The van der Waals surface area contributed by atoms with Crippen LogP contribution in [-0.4, -0.2) is 46.6 Å². The number of fused-ring (bicyclic) bond motifs is 1. The quantitative estimate of drug-likeness (QED) is 0.748. The van der Waals surface area contributed by atoms with Crippen molar-refractivity contribution in [2.75, 3.05) is 23.3 Å². The molecule has 2 aliphatic heterocycles. The summed E-state index contributed by atoms with van der Waals surface area (Å²) in [6.45, 7) is 10.7. The number of rotatable bonds is 3. The predicted octanol–water partition coefficient (Wildman–Crippen LogP) is 4.66. The molecule has 3 heterocycles. The first-order chi connectivity index (χ1) is 14.5. The molecule has 164 valence electrons. The predicted molar refractivity (Wildman–Crippen MR) is 121 cm³/mol. The van der Waals surface area contributed by atoms with Crippen LogP contribution in [0.15, 0.2) is 36.7 Å². The molecule has 1 saturated heterocycles. The monoisotopic (exact) mass is 442 g/mol. The number of nitrogens with zero attached hydrogens (tertiary/aromatic N) is 3. The molecule has 0 aliphatic carbocycles. The summed E-state index contributed by atoms with van der Waals surface area (Å²) in [5, 5.41) is 4.00. The van der Waals surface area contributed by atoms with E-state index in [0.29, 0.717) is 29.4 Å². The van der Waals surface area contributed by atoms with Crippen LogP contribution in [0.5, 0.6) is 0 Å². The van der Waals surface area contributed by atoms with Crippen molar-refractivity contribution < 1.29 is 14.3 Å². The number of hydrogen-bond acceptors (Lipinski definition) is 5. The van der Waals surface area contributed by atoms with E-state index in [0.717, 1.165) is 11.3 Å². The number of carbonyl (C=O) groups is 2. The van der Waals surface area contributed by atoms with E-state index in [1.165, 1.54) is 0 Å². The van der Waals surface area contributed by atoms with Crippen molar-refractivity contribution in [3.8, 4) is 0 Å². The molecule has 0 unspecified atom stereocenters. The lowest BCUT2D eigenvalue weighted by atomic mass is 9.93. The first-order valence-electron chi connectivity index (χ1n) is 10.3. The molecule has 4 rings (SSSR count). The third kappa shape index (κ3) is 4.06. The molecule has 1 N–H and O–H groups in total. The third-order valence-corrected chi connectivity index (χ3v) is 5.75. The van der Waals surface area contributed by atoms with Gasteiger partial charge in [-0.1, -0.05) is 11.6 Å². The lowest BCUT2D eigenvalue weighted by Gasteiger charge is -2.40. The number of ether oxygens (including phenoxy) is 1. The molecule has 8 heteroatoms. The Morgan fingerprint density at radius 3 is 2.61 bits per heavy atom. The van der Waals surface area contributed by atoms with Gasteiger partial charge < -0.3 is 15.0 Å². The number of aromatic nitrogens is 1. The van der Waals surface area contributed by atoms with Crippen LogP contribution in [0.4, 0.5) is 16.2 Å². The minimum Gasteiger partial charge on any atom is -0.444 e. The Hall–Kier alpha value is -2.80. The van der Waals surface area contributed by atoms with E-state index < -0.39 is 11.1 Å². The number of pyridine rings is 1. The minimum absolute atomic E-state index is 0.0737. The fourth-order valence-corrected chi connectivity index (χ4v) is 4.23. The number of hydrogen-bond donors (Lipinski definition) is 1. The molecule has 2 aromatic rings. The summed E-state index contributed by atoms with van der Waals surface area (Å²) in [6, 6.07) is 7.38. The van der Waals surface area contributed by atoms with Crippen LogP contribution in [0.3, 0.4) is 0 Å². The fourth-order valence-electron chi connectivity index (χ4n) is 4.05. The van der Waals surface area contributed by atoms with Gasteiger partial charge in [0.25, 0.3) is 5.91 Å². The normalized spacial score (nSPS) is 17.9. The van der Waals surface area contributed by atoms with Gasteiger partial charge in [0.05, 0.1) is 35.3 Å². The van der Waals surface area contributed by atoms with Crippen molar-refractivity contribution in [3.05, 3.63) is 52.8 Å². The van der Waals surface area contributed by atoms with Gasteiger partial charge in [-0.25, -0.2) is 4.79 Å². The van der Waals surface area contributed by atoms with Crippen LogP contribution >= 0.6 is 11.6 Å². The first kappa shape index (κ1) is 21.4. The lowest BCUT2D eigenvalue weighted by Crippen LogP contribution is -2.57. The van der Waals surface area contributed by atoms with Gasteiger partial charge in [0.2, 0.25) is 0 Å². The highest BCUT2D eigenvalue weighted by Crippen LogP contribution is 2.43. The standard InChI is InChI=1S/C23H27ClN4O3/c1-22(2,3)31-21(30)27-12-16(13-27)26-15-9-17(11-25-10-15)28-20(29)18-7-6-14(24)8-19(18)23(28,4)5/h6-11,16,26H,12-13H2,1-5H3. The van der Waals surface area contributed by atoms with Crippen LogP contribution < -0.4 is 10.2 Å². The zero-order chi connectivity index (χ0) is 22.6. The summed E-state index contributed by atoms with van der Waals surface area (Å²) in [4.78, 5) is 33.0. The average Bonchev–Trinajstić information content (AvgIpc) is 2.82. The Morgan fingerprint density at radius 1 is 1.23 bits per heavy atom. The number of benzene rings is 1. The van der Waals surface area contributed by atoms with Crippen LogP contribution in [0.25, 0.3) is 0 Å². The van der Waals surface area contributed by atoms with Crippen molar-refractivity contribution in [1.29, 1.82) is 0 Å². The number of nitrogens with one attached hydrogen (secondary N) is 1. The molecule has 0 spiro atoms. The highest BCUT2D eigenvalue weighted by Gasteiger charge is 2.44. The van der Waals surface area contributed by atoms with E-state index in [1.807, 2.05) is 46.8 Å². The summed E-state index contributed by atoms with van der Waals surface area (Å²) >= 11 is 6.18. The highest BCUT2D eigenvalue weighted by atomic mass is 35.5. The zero-order valence-electron chi connectivity index (χ0n) is 18.4. The minimum atomic E-state index is -0.554. The highest BCUT2D eigenvalue weighted by molar-refractivity contribution is 6.31. The second kappa shape index (κ2) is 7.41. The Labute approximate surface area is 187 Å². The lowest BCUT2D eigenvalue weighted by molar-refractivity contribution is 0.0105. The summed E-state index contributed by atoms with van der Waals surface area (Å²) in [6.07, 6.45) is 3.10. The van der Waals surface area contributed by atoms with Crippen molar-refractivity contribution in [2.45, 2.75) is 51.8 Å². The van der Waals surface area contributed by atoms with E-state index in [1.54, 1.807) is 34.3 Å².